The molecule has 0 atom stereocenters. The average Bonchev–Trinajstić information content (AvgIpc) is 2.36. The summed E-state index contributed by atoms with van der Waals surface area (Å²) in [4.78, 5) is 27.4. The van der Waals surface area contributed by atoms with Crippen LogP contribution in [-0.2, 0) is 0 Å². The lowest BCUT2D eigenvalue weighted by molar-refractivity contribution is 0.584. The van der Waals surface area contributed by atoms with E-state index in [9.17, 15) is 14.0 Å². The summed E-state index contributed by atoms with van der Waals surface area (Å²) >= 11 is 5.41. The summed E-state index contributed by atoms with van der Waals surface area (Å²) < 4.78 is 14.2. The van der Waals surface area contributed by atoms with Gasteiger partial charge in [-0.05, 0) is 18.2 Å². The maximum Gasteiger partial charge on any atom is 0.334 e. The summed E-state index contributed by atoms with van der Waals surface area (Å²) in [5, 5.41) is -0.588. The summed E-state index contributed by atoms with van der Waals surface area (Å²) in [6, 6.07) is 6.61. The number of hydrogen-bond donors (Lipinski definition) is 1. The van der Waals surface area contributed by atoms with Gasteiger partial charge in [0.15, 0.2) is 5.15 Å². The smallest absolute Gasteiger partial charge is 0.334 e. The van der Waals surface area contributed by atoms with E-state index in [1.807, 2.05) is 14.1 Å². The Morgan fingerprint density at radius 1 is 1.32 bits per heavy atom. The van der Waals surface area contributed by atoms with Crippen molar-refractivity contribution in [3.05, 3.63) is 56.1 Å². The molecule has 7 heteroatoms. The van der Waals surface area contributed by atoms with Crippen LogP contribution in [0, 0.1) is 5.82 Å². The number of aromatic amines is 1. The Bertz CT molecular complexity index is 736. The minimum Gasteiger partial charge on any atom is -0.378 e. The topological polar surface area (TPSA) is 58.1 Å². The molecule has 1 aromatic carbocycles. The van der Waals surface area contributed by atoms with Crippen molar-refractivity contribution < 1.29 is 4.39 Å². The SMILES string of the molecule is CN(C)c1cccc(-n2c(=O)[nH]c(Cl)c(F)c2=O)c1. The number of rotatable bonds is 2. The standard InChI is InChI=1S/C12H11ClFN3O2/c1-16(2)7-4-3-5-8(6-7)17-11(18)9(14)10(13)15-12(17)19/h3-6H,1-2H3,(H,15,19). The molecule has 0 spiro atoms. The van der Waals surface area contributed by atoms with E-state index in [2.05, 4.69) is 4.98 Å². The first-order valence-electron chi connectivity index (χ1n) is 5.40. The second kappa shape index (κ2) is 4.89. The molecule has 0 aliphatic carbocycles. The minimum absolute atomic E-state index is 0.271. The normalized spacial score (nSPS) is 10.5. The lowest BCUT2D eigenvalue weighted by atomic mass is 10.2. The van der Waals surface area contributed by atoms with Crippen LogP contribution in [0.1, 0.15) is 0 Å². The molecule has 1 aromatic heterocycles. The van der Waals surface area contributed by atoms with E-state index in [-0.39, 0.29) is 5.69 Å². The second-order valence-electron chi connectivity index (χ2n) is 4.11. The molecule has 0 bridgehead atoms. The van der Waals surface area contributed by atoms with Gasteiger partial charge in [-0.3, -0.25) is 9.78 Å². The molecule has 0 radical (unpaired) electrons. The fourth-order valence-electron chi connectivity index (χ4n) is 1.63. The van der Waals surface area contributed by atoms with E-state index < -0.39 is 22.2 Å². The summed E-state index contributed by atoms with van der Waals surface area (Å²) in [5.74, 6) is -1.18. The zero-order chi connectivity index (χ0) is 14.2. The molecule has 0 saturated carbocycles. The van der Waals surface area contributed by atoms with Crippen molar-refractivity contribution in [1.29, 1.82) is 0 Å². The first-order valence-corrected chi connectivity index (χ1v) is 5.77. The molecule has 100 valence electrons. The van der Waals surface area contributed by atoms with Crippen LogP contribution in [0.15, 0.2) is 33.9 Å². The Balaban J connectivity index is 2.73. The maximum absolute atomic E-state index is 13.5. The summed E-state index contributed by atoms with van der Waals surface area (Å²) in [5.41, 5.74) is -0.816. The van der Waals surface area contributed by atoms with E-state index in [1.54, 1.807) is 23.1 Å². The molecule has 1 heterocycles. The molecule has 0 aliphatic rings. The van der Waals surface area contributed by atoms with Crippen molar-refractivity contribution in [1.82, 2.24) is 9.55 Å². The van der Waals surface area contributed by atoms with Gasteiger partial charge in [0, 0.05) is 19.8 Å². The van der Waals surface area contributed by atoms with Gasteiger partial charge in [0.1, 0.15) is 0 Å². The second-order valence-corrected chi connectivity index (χ2v) is 4.49. The van der Waals surface area contributed by atoms with Gasteiger partial charge in [0.2, 0.25) is 5.82 Å². The van der Waals surface area contributed by atoms with Crippen LogP contribution in [0.5, 0.6) is 0 Å². The predicted octanol–water partition coefficient (Wildman–Crippen LogP) is 1.38. The van der Waals surface area contributed by atoms with E-state index in [1.165, 1.54) is 6.07 Å². The van der Waals surface area contributed by atoms with Gasteiger partial charge >= 0.3 is 5.69 Å². The zero-order valence-corrected chi connectivity index (χ0v) is 11.0. The molecule has 0 unspecified atom stereocenters. The number of anilines is 1. The molecule has 0 fully saturated rings. The van der Waals surface area contributed by atoms with Crippen LogP contribution in [0.25, 0.3) is 5.69 Å². The molecule has 0 saturated heterocycles. The number of halogens is 2. The van der Waals surface area contributed by atoms with Crippen LogP contribution in [0.3, 0.4) is 0 Å². The van der Waals surface area contributed by atoms with Crippen LogP contribution >= 0.6 is 11.6 Å². The Labute approximate surface area is 112 Å². The van der Waals surface area contributed by atoms with Crippen LogP contribution in [0.2, 0.25) is 5.15 Å². The van der Waals surface area contributed by atoms with E-state index >= 15 is 0 Å². The highest BCUT2D eigenvalue weighted by atomic mass is 35.5. The molecule has 19 heavy (non-hydrogen) atoms. The summed E-state index contributed by atoms with van der Waals surface area (Å²) in [7, 11) is 3.63. The molecular formula is C12H11ClFN3O2. The number of benzene rings is 1. The van der Waals surface area contributed by atoms with Crippen molar-refractivity contribution in [2.75, 3.05) is 19.0 Å². The molecule has 2 aromatic rings. The lowest BCUT2D eigenvalue weighted by Gasteiger charge is -2.14. The van der Waals surface area contributed by atoms with Crippen molar-refractivity contribution >= 4 is 17.3 Å². The first-order chi connectivity index (χ1) is 8.91. The Kier molecular flexibility index (Phi) is 3.44. The molecule has 5 nitrogen and oxygen atoms in total. The van der Waals surface area contributed by atoms with E-state index in [4.69, 9.17) is 11.6 Å². The molecular weight excluding hydrogens is 273 g/mol. The Morgan fingerprint density at radius 2 is 2.00 bits per heavy atom. The fourth-order valence-corrected chi connectivity index (χ4v) is 1.80. The van der Waals surface area contributed by atoms with E-state index in [0.717, 1.165) is 5.69 Å². The zero-order valence-electron chi connectivity index (χ0n) is 10.3. The maximum atomic E-state index is 13.5. The number of H-pyrrole nitrogens is 1. The van der Waals surface area contributed by atoms with Gasteiger partial charge < -0.3 is 4.90 Å². The lowest BCUT2D eigenvalue weighted by Crippen LogP contribution is -2.35. The molecule has 0 amide bonds. The van der Waals surface area contributed by atoms with Crippen molar-refractivity contribution in [2.24, 2.45) is 0 Å². The average molecular weight is 284 g/mol. The van der Waals surface area contributed by atoms with Crippen molar-refractivity contribution in [2.45, 2.75) is 0 Å². The molecule has 1 N–H and O–H groups in total. The largest absolute Gasteiger partial charge is 0.378 e. The van der Waals surface area contributed by atoms with Crippen molar-refractivity contribution in [3.8, 4) is 5.69 Å². The third-order valence-corrected chi connectivity index (χ3v) is 2.87. The number of aromatic nitrogens is 2. The minimum atomic E-state index is -1.18. The summed E-state index contributed by atoms with van der Waals surface area (Å²) in [6.45, 7) is 0. The Morgan fingerprint density at radius 3 is 2.63 bits per heavy atom. The van der Waals surface area contributed by atoms with Gasteiger partial charge in [0.25, 0.3) is 5.56 Å². The summed E-state index contributed by atoms with van der Waals surface area (Å²) in [6.07, 6.45) is 0. The van der Waals surface area contributed by atoms with Crippen LogP contribution in [0.4, 0.5) is 10.1 Å². The first kappa shape index (κ1) is 13.4. The quantitative estimate of drug-likeness (QED) is 0.847. The van der Waals surface area contributed by atoms with Gasteiger partial charge in [-0.1, -0.05) is 17.7 Å². The van der Waals surface area contributed by atoms with Gasteiger partial charge in [0.05, 0.1) is 5.69 Å². The highest BCUT2D eigenvalue weighted by Gasteiger charge is 2.14. The molecule has 0 aliphatic heterocycles. The van der Waals surface area contributed by atoms with Gasteiger partial charge in [-0.2, -0.15) is 4.39 Å². The third kappa shape index (κ3) is 2.39. The van der Waals surface area contributed by atoms with Crippen LogP contribution < -0.4 is 16.1 Å². The molecule has 2 rings (SSSR count). The van der Waals surface area contributed by atoms with Gasteiger partial charge in [-0.25, -0.2) is 9.36 Å². The van der Waals surface area contributed by atoms with Crippen molar-refractivity contribution in [3.63, 3.8) is 0 Å². The van der Waals surface area contributed by atoms with Crippen LogP contribution in [-0.4, -0.2) is 23.6 Å². The highest BCUT2D eigenvalue weighted by Crippen LogP contribution is 2.15. The number of nitrogens with one attached hydrogen (secondary N) is 1. The number of hydrogen-bond acceptors (Lipinski definition) is 3. The fraction of sp³-hybridized carbons (Fsp3) is 0.167. The number of nitrogens with zero attached hydrogens (tertiary/aromatic N) is 2. The highest BCUT2D eigenvalue weighted by molar-refractivity contribution is 6.29. The monoisotopic (exact) mass is 283 g/mol. The van der Waals surface area contributed by atoms with Gasteiger partial charge in [-0.15, -0.1) is 0 Å². The predicted molar refractivity (Wildman–Crippen MR) is 72.0 cm³/mol. The third-order valence-electron chi connectivity index (χ3n) is 2.61. The van der Waals surface area contributed by atoms with E-state index in [0.29, 0.717) is 4.57 Å². The Hall–Kier alpha value is -2.08.